The Labute approximate surface area is 697 Å². The molecule has 582 valence electrons. The largest absolute Gasteiger partial charge is 0.309 e. The maximum absolute atomic E-state index is 12.5. The summed E-state index contributed by atoms with van der Waals surface area (Å²) in [5.74, 6) is 0.932. The third-order valence-electron chi connectivity index (χ3n) is 24.5. The van der Waals surface area contributed by atoms with Gasteiger partial charge < -0.3 is 4.57 Å². The van der Waals surface area contributed by atoms with Gasteiger partial charge in [0.05, 0.1) is 11.0 Å². The van der Waals surface area contributed by atoms with Crippen molar-refractivity contribution in [2.24, 2.45) is 0 Å². The van der Waals surface area contributed by atoms with Crippen molar-refractivity contribution in [3.05, 3.63) is 467 Å². The minimum atomic E-state index is -0.106. The Hall–Kier alpha value is -13.9. The van der Waals surface area contributed by atoms with Crippen LogP contribution in [-0.4, -0.2) is 39.3 Å². The fourth-order valence-corrected chi connectivity index (χ4v) is 18.6. The highest BCUT2D eigenvalue weighted by atomic mass is 16.1. The zero-order valence-corrected chi connectivity index (χ0v) is 69.6. The van der Waals surface area contributed by atoms with Gasteiger partial charge in [-0.2, -0.15) is 0 Å². The molecular formula is C112H93NO6. The topological polar surface area (TPSA) is 107 Å². The monoisotopic (exact) mass is 1550 g/mol. The summed E-state index contributed by atoms with van der Waals surface area (Å²) in [5.41, 5.74) is 35.3. The number of aromatic nitrogens is 1. The molecule has 0 atom stereocenters. The van der Waals surface area contributed by atoms with E-state index >= 15 is 0 Å². The first kappa shape index (κ1) is 79.0. The third kappa shape index (κ3) is 14.1. The summed E-state index contributed by atoms with van der Waals surface area (Å²) in [6.07, 6.45) is 0. The normalized spacial score (nSPS) is 13.9. The average Bonchev–Trinajstić information content (AvgIpc) is 1.57. The number of nitrogens with zero attached hydrogens (tertiary/aromatic N) is 1. The van der Waals surface area contributed by atoms with Crippen molar-refractivity contribution in [2.45, 2.75) is 106 Å². The molecular weight excluding hydrogens is 1460 g/mol. The van der Waals surface area contributed by atoms with Crippen molar-refractivity contribution in [1.82, 2.24) is 4.57 Å². The van der Waals surface area contributed by atoms with Crippen LogP contribution in [0.25, 0.3) is 60.9 Å². The number of benzene rings is 15. The lowest BCUT2D eigenvalue weighted by molar-refractivity contribution is 0.102. The van der Waals surface area contributed by atoms with Crippen LogP contribution < -0.4 is 0 Å². The first-order chi connectivity index (χ1) is 57.3. The molecule has 16 aromatic rings. The lowest BCUT2D eigenvalue weighted by atomic mass is 9.67. The van der Waals surface area contributed by atoms with Crippen LogP contribution in [0.1, 0.15) is 209 Å². The summed E-state index contributed by atoms with van der Waals surface area (Å²) in [6, 6.07) is 109. The van der Waals surface area contributed by atoms with Crippen LogP contribution in [0.3, 0.4) is 0 Å². The maximum Gasteiger partial charge on any atom is 0.194 e. The van der Waals surface area contributed by atoms with Crippen molar-refractivity contribution < 1.29 is 28.8 Å². The molecule has 6 aliphatic rings. The molecule has 0 radical (unpaired) electrons. The number of ketones is 6. The molecule has 0 spiro atoms. The summed E-state index contributed by atoms with van der Waals surface area (Å²) in [4.78, 5) is 73.7. The molecule has 0 saturated heterocycles. The van der Waals surface area contributed by atoms with Crippen LogP contribution in [0, 0.1) is 48.5 Å². The summed E-state index contributed by atoms with van der Waals surface area (Å²) >= 11 is 0. The highest BCUT2D eigenvalue weighted by molar-refractivity contribution is 6.24. The van der Waals surface area contributed by atoms with E-state index in [-0.39, 0.29) is 50.9 Å². The number of carbonyl (C=O) groups is 6. The van der Waals surface area contributed by atoms with Gasteiger partial charge in [-0.05, 0) is 168 Å². The molecule has 119 heavy (non-hydrogen) atoms. The van der Waals surface area contributed by atoms with Crippen molar-refractivity contribution in [3.63, 3.8) is 0 Å². The van der Waals surface area contributed by atoms with Crippen molar-refractivity contribution in [2.75, 3.05) is 0 Å². The fourth-order valence-electron chi connectivity index (χ4n) is 18.6. The lowest BCUT2D eigenvalue weighted by Crippen LogP contribution is -2.31. The zero-order valence-electron chi connectivity index (χ0n) is 69.6. The third-order valence-corrected chi connectivity index (χ3v) is 24.5. The van der Waals surface area contributed by atoms with Gasteiger partial charge in [-0.3, -0.25) is 28.8 Å². The number of rotatable bonds is 1. The summed E-state index contributed by atoms with van der Waals surface area (Å²) in [6.45, 7) is 27.6. The molecule has 22 rings (SSSR count). The smallest absolute Gasteiger partial charge is 0.194 e. The second kappa shape index (κ2) is 31.6. The molecule has 0 unspecified atom stereocenters. The van der Waals surface area contributed by atoms with Gasteiger partial charge in [0.1, 0.15) is 0 Å². The number of fused-ring (bicyclic) bond motifs is 18. The lowest BCUT2D eigenvalue weighted by Gasteiger charge is -2.35. The highest BCUT2D eigenvalue weighted by Crippen LogP contribution is 2.47. The van der Waals surface area contributed by atoms with Gasteiger partial charge in [0.25, 0.3) is 0 Å². The van der Waals surface area contributed by atoms with Gasteiger partial charge in [-0.1, -0.05) is 355 Å². The Morgan fingerprint density at radius 3 is 1.15 bits per heavy atom. The number of carbonyl (C=O) groups excluding carboxylic acids is 6. The Bertz CT molecular complexity index is 6830. The standard InChI is InChI=1S/C19H15N.3C17H16O.3C14H10O/c1-14-8-7-13-18-19(14)16-11-5-6-12-17(16)20(18)15-9-3-2-4-10-15;1-11-7-6-9-13-15(11)17(2,3)14-10-5-4-8-12(14)16(13)18;1-11-8-9-15-13(10-11)16(18)12-6-4-5-7-14(12)17(15,2)3;1-11-8-9-13-15(10-11)17(2,3)14-7-5-4-6-12(14)16(13)18;1-9-5-4-8-12-13(9)10-6-2-3-7-11(10)14(12)15;1-9-6-7-11-10-4-2-3-5-12(10)14(15)13(11)8-9;1-9-6-7-12-13(8-9)10-4-2-3-5-11(10)14(12)15/h2-13H,1H3;3*4-10H,1-3H3;3*2-8H,1H3. The van der Waals surface area contributed by atoms with E-state index in [1.807, 2.05) is 234 Å². The summed E-state index contributed by atoms with van der Waals surface area (Å²) < 4.78 is 2.34. The van der Waals surface area contributed by atoms with Crippen molar-refractivity contribution in [3.8, 4) is 39.1 Å². The SMILES string of the molecule is Cc1ccc2c(c1)-c1ccccc1C2=O.Cc1ccc2c(c1)C(=O)c1ccccc1-2.Cc1ccc2c(c1)C(=O)c1ccccc1C2(C)C.Cc1ccc2c(c1)C(C)(C)c1ccccc1C2=O.Cc1cccc2c1-c1ccccc1C2=O.Cc1cccc2c1C(C)(C)c1ccccc1C2=O.Cc1cccc2c1c1ccccc1n2-c1ccccc1. The Balaban J connectivity index is 0.000000104. The van der Waals surface area contributed by atoms with E-state index in [4.69, 9.17) is 0 Å². The van der Waals surface area contributed by atoms with Crippen LogP contribution in [0.5, 0.6) is 0 Å². The van der Waals surface area contributed by atoms with Gasteiger partial charge in [-0.15, -0.1) is 0 Å². The van der Waals surface area contributed by atoms with Gasteiger partial charge in [0.2, 0.25) is 0 Å². The van der Waals surface area contributed by atoms with Gasteiger partial charge in [0, 0.05) is 99.5 Å². The molecule has 0 aliphatic heterocycles. The molecule has 0 bridgehead atoms. The van der Waals surface area contributed by atoms with E-state index in [1.54, 1.807) is 0 Å². The Morgan fingerprint density at radius 1 is 0.210 bits per heavy atom. The second-order valence-corrected chi connectivity index (χ2v) is 33.5. The number of hydrogen-bond acceptors (Lipinski definition) is 6. The van der Waals surface area contributed by atoms with Gasteiger partial charge in [0.15, 0.2) is 34.7 Å². The van der Waals surface area contributed by atoms with E-state index in [0.29, 0.717) is 0 Å². The average molecular weight is 1550 g/mol. The van der Waals surface area contributed by atoms with Crippen LogP contribution in [0.2, 0.25) is 0 Å². The molecule has 0 N–H and O–H groups in total. The predicted octanol–water partition coefficient (Wildman–Crippen LogP) is 26.3. The van der Waals surface area contributed by atoms with Crippen LogP contribution in [0.4, 0.5) is 0 Å². The van der Waals surface area contributed by atoms with Crippen LogP contribution >= 0.6 is 0 Å². The number of aryl methyl sites for hydroxylation is 7. The zero-order chi connectivity index (χ0) is 83.5. The summed E-state index contributed by atoms with van der Waals surface area (Å²) in [5, 5.41) is 2.68. The molecule has 1 heterocycles. The minimum Gasteiger partial charge on any atom is -0.309 e. The first-order valence-corrected chi connectivity index (χ1v) is 40.8. The molecule has 15 aromatic carbocycles. The number of hydrogen-bond donors (Lipinski definition) is 0. The van der Waals surface area contributed by atoms with Gasteiger partial charge >= 0.3 is 0 Å². The van der Waals surface area contributed by atoms with Crippen molar-refractivity contribution in [1.29, 1.82) is 0 Å². The highest BCUT2D eigenvalue weighted by Gasteiger charge is 2.40. The fraction of sp³-hybridized carbons (Fsp3) is 0.143. The quantitative estimate of drug-likeness (QED) is 0.162. The minimum absolute atomic E-state index is 0.104. The van der Waals surface area contributed by atoms with E-state index in [0.717, 1.165) is 139 Å². The first-order valence-electron chi connectivity index (χ1n) is 40.8. The molecule has 0 amide bonds. The second-order valence-electron chi connectivity index (χ2n) is 33.5. The van der Waals surface area contributed by atoms with E-state index in [2.05, 4.69) is 188 Å². The Morgan fingerprint density at radius 2 is 0.546 bits per heavy atom. The summed E-state index contributed by atoms with van der Waals surface area (Å²) in [7, 11) is 0. The van der Waals surface area contributed by atoms with Crippen LogP contribution in [-0.2, 0) is 16.2 Å². The Kier molecular flexibility index (Phi) is 21.0. The van der Waals surface area contributed by atoms with E-state index < -0.39 is 0 Å². The maximum atomic E-state index is 12.5. The molecule has 1 aromatic heterocycles. The van der Waals surface area contributed by atoms with E-state index in [9.17, 15) is 28.8 Å². The predicted molar refractivity (Wildman–Crippen MR) is 485 cm³/mol. The van der Waals surface area contributed by atoms with E-state index in [1.165, 1.54) is 60.9 Å². The molecule has 7 nitrogen and oxygen atoms in total. The molecule has 0 saturated carbocycles. The van der Waals surface area contributed by atoms with Gasteiger partial charge in [-0.25, -0.2) is 0 Å². The van der Waals surface area contributed by atoms with Crippen LogP contribution in [0.15, 0.2) is 328 Å². The molecule has 7 heteroatoms. The van der Waals surface area contributed by atoms with Crippen molar-refractivity contribution >= 4 is 56.5 Å². The molecule has 0 fully saturated rings. The molecule has 6 aliphatic carbocycles. The number of para-hydroxylation sites is 2.